The van der Waals surface area contributed by atoms with Crippen LogP contribution in [0.2, 0.25) is 0 Å². The van der Waals surface area contributed by atoms with Crippen LogP contribution in [0.15, 0.2) is 42.9 Å². The molecule has 9 heteroatoms. The van der Waals surface area contributed by atoms with E-state index in [4.69, 9.17) is 4.74 Å². The summed E-state index contributed by atoms with van der Waals surface area (Å²) in [5, 5.41) is 8.35. The number of likely N-dealkylation sites (tertiary alicyclic amines) is 1. The van der Waals surface area contributed by atoms with Crippen LogP contribution in [-0.2, 0) is 0 Å². The third-order valence-electron chi connectivity index (χ3n) is 6.03. The highest BCUT2D eigenvalue weighted by Gasteiger charge is 2.47. The first-order valence-electron chi connectivity index (χ1n) is 10.5. The maximum atomic E-state index is 13.6. The van der Waals surface area contributed by atoms with Crippen molar-refractivity contribution < 1.29 is 13.9 Å². The van der Waals surface area contributed by atoms with Crippen molar-refractivity contribution in [1.29, 1.82) is 0 Å². The van der Waals surface area contributed by atoms with E-state index >= 15 is 0 Å². The van der Waals surface area contributed by atoms with E-state index in [0.717, 1.165) is 31.3 Å². The molecular weight excluding hydrogens is 399 g/mol. The number of ether oxygens (including phenoxy) is 1. The van der Waals surface area contributed by atoms with Crippen molar-refractivity contribution in [3.05, 3.63) is 60.1 Å². The number of hydrogen-bond donors (Lipinski definition) is 0. The van der Waals surface area contributed by atoms with Gasteiger partial charge >= 0.3 is 0 Å². The largest absolute Gasteiger partial charge is 0.478 e. The second-order valence-corrected chi connectivity index (χ2v) is 8.19. The highest BCUT2D eigenvalue weighted by molar-refractivity contribution is 5.96. The predicted octanol–water partition coefficient (Wildman–Crippen LogP) is 2.82. The minimum absolute atomic E-state index is 0.0532. The number of carbonyl (C=O) groups excluding carboxylic acids is 1. The Hall–Kier alpha value is -3.36. The second kappa shape index (κ2) is 8.05. The van der Waals surface area contributed by atoms with Crippen LogP contribution in [0.5, 0.6) is 5.88 Å². The Labute approximate surface area is 179 Å². The normalized spacial score (nSPS) is 22.1. The number of pyridine rings is 2. The van der Waals surface area contributed by atoms with E-state index < -0.39 is 5.82 Å². The molecule has 1 saturated heterocycles. The van der Waals surface area contributed by atoms with Gasteiger partial charge in [-0.05, 0) is 49.8 Å². The Kier molecular flexibility index (Phi) is 5.09. The number of nitrogens with zero attached hydrogens (tertiary/aromatic N) is 6. The lowest BCUT2D eigenvalue weighted by molar-refractivity contribution is 0.0559. The molecule has 1 saturated carbocycles. The Balaban J connectivity index is 1.34. The van der Waals surface area contributed by atoms with Crippen molar-refractivity contribution in [3.63, 3.8) is 0 Å². The zero-order chi connectivity index (χ0) is 21.4. The summed E-state index contributed by atoms with van der Waals surface area (Å²) in [6.07, 6.45) is 7.08. The van der Waals surface area contributed by atoms with Gasteiger partial charge in [0.25, 0.3) is 5.91 Å². The Bertz CT molecular complexity index is 1070. The average Bonchev–Trinajstić information content (AvgIpc) is 3.32. The number of carbonyl (C=O) groups is 1. The van der Waals surface area contributed by atoms with Gasteiger partial charge in [-0.25, -0.2) is 14.4 Å². The summed E-state index contributed by atoms with van der Waals surface area (Å²) in [6.45, 7) is 3.00. The van der Waals surface area contributed by atoms with E-state index in [1.54, 1.807) is 12.4 Å². The van der Waals surface area contributed by atoms with Gasteiger partial charge in [-0.3, -0.25) is 4.79 Å². The minimum Gasteiger partial charge on any atom is -0.478 e. The van der Waals surface area contributed by atoms with E-state index in [-0.39, 0.29) is 11.9 Å². The molecule has 0 N–H and O–H groups in total. The average molecular weight is 422 g/mol. The van der Waals surface area contributed by atoms with Crippen molar-refractivity contribution in [2.24, 2.45) is 11.8 Å². The number of piperidine rings is 1. The summed E-state index contributed by atoms with van der Waals surface area (Å²) in [5.41, 5.74) is 1.70. The number of aryl methyl sites for hydroxylation is 1. The third-order valence-corrected chi connectivity index (χ3v) is 6.03. The van der Waals surface area contributed by atoms with E-state index in [9.17, 15) is 9.18 Å². The van der Waals surface area contributed by atoms with Gasteiger partial charge in [-0.1, -0.05) is 0 Å². The molecule has 5 rings (SSSR count). The molecule has 2 aliphatic rings. The second-order valence-electron chi connectivity index (χ2n) is 8.19. The maximum Gasteiger partial charge on any atom is 0.275 e. The van der Waals surface area contributed by atoms with E-state index in [1.807, 2.05) is 24.0 Å². The Morgan fingerprint density at radius 3 is 2.77 bits per heavy atom. The van der Waals surface area contributed by atoms with E-state index in [0.29, 0.717) is 42.1 Å². The monoisotopic (exact) mass is 422 g/mol. The predicted molar refractivity (Wildman–Crippen MR) is 109 cm³/mol. The van der Waals surface area contributed by atoms with Crippen molar-refractivity contribution in [2.75, 3.05) is 13.2 Å². The first-order chi connectivity index (χ1) is 15.1. The number of fused-ring (bicyclic) bond motifs is 1. The van der Waals surface area contributed by atoms with Crippen LogP contribution in [0.1, 0.15) is 35.4 Å². The van der Waals surface area contributed by atoms with Gasteiger partial charge in [0, 0.05) is 30.8 Å². The molecule has 0 aromatic carbocycles. The standard InChI is InChI=1S/C22H23FN6O2/c1-14-2-4-19(29-25-7-8-26-29)21(27-14)22(30)28-13-16-10-15(16)11-18(28)6-9-31-20-5-3-17(23)12-24-20/h2-5,7-8,12,15-16,18H,6,9-11,13H2,1H3/t15-,16-,18+/m0/s1. The summed E-state index contributed by atoms with van der Waals surface area (Å²) >= 11 is 0. The summed E-state index contributed by atoms with van der Waals surface area (Å²) in [7, 11) is 0. The summed E-state index contributed by atoms with van der Waals surface area (Å²) in [4.78, 5) is 25.5. The summed E-state index contributed by atoms with van der Waals surface area (Å²) in [6, 6.07) is 6.57. The molecule has 1 aliphatic carbocycles. The van der Waals surface area contributed by atoms with Crippen molar-refractivity contribution in [1.82, 2.24) is 29.9 Å². The lowest BCUT2D eigenvalue weighted by Crippen LogP contribution is -2.46. The number of aromatic nitrogens is 5. The van der Waals surface area contributed by atoms with Gasteiger partial charge in [0.15, 0.2) is 5.69 Å². The smallest absolute Gasteiger partial charge is 0.275 e. The zero-order valence-electron chi connectivity index (χ0n) is 17.2. The molecule has 2 fully saturated rings. The molecule has 31 heavy (non-hydrogen) atoms. The molecule has 8 nitrogen and oxygen atoms in total. The van der Waals surface area contributed by atoms with Crippen LogP contribution in [0.4, 0.5) is 4.39 Å². The first kappa shape index (κ1) is 19.6. The number of amides is 1. The molecular formula is C22H23FN6O2. The molecule has 0 bridgehead atoms. The van der Waals surface area contributed by atoms with Gasteiger partial charge in [-0.15, -0.1) is 4.80 Å². The van der Waals surface area contributed by atoms with Crippen LogP contribution < -0.4 is 4.74 Å². The fourth-order valence-electron chi connectivity index (χ4n) is 4.31. The van der Waals surface area contributed by atoms with Gasteiger partial charge < -0.3 is 9.64 Å². The molecule has 1 amide bonds. The number of hydrogen-bond acceptors (Lipinski definition) is 6. The van der Waals surface area contributed by atoms with Crippen molar-refractivity contribution in [3.8, 4) is 11.6 Å². The first-order valence-corrected chi connectivity index (χ1v) is 10.5. The van der Waals surface area contributed by atoms with Crippen LogP contribution in [0, 0.1) is 24.6 Å². The molecule has 0 unspecified atom stereocenters. The highest BCUT2D eigenvalue weighted by atomic mass is 19.1. The van der Waals surface area contributed by atoms with Gasteiger partial charge in [0.2, 0.25) is 5.88 Å². The third kappa shape index (κ3) is 4.12. The molecule has 3 aromatic heterocycles. The Morgan fingerprint density at radius 1 is 1.16 bits per heavy atom. The highest BCUT2D eigenvalue weighted by Crippen LogP contribution is 2.48. The minimum atomic E-state index is -0.399. The molecule has 160 valence electrons. The Morgan fingerprint density at radius 2 is 2.00 bits per heavy atom. The van der Waals surface area contributed by atoms with Gasteiger partial charge in [0.05, 0.1) is 25.2 Å². The number of rotatable bonds is 6. The molecule has 1 aliphatic heterocycles. The summed E-state index contributed by atoms with van der Waals surface area (Å²) in [5.74, 6) is 1.12. The molecule has 4 heterocycles. The van der Waals surface area contributed by atoms with Crippen LogP contribution in [0.25, 0.3) is 5.69 Å². The maximum absolute atomic E-state index is 13.6. The SMILES string of the molecule is Cc1ccc(-n2nccn2)c(C(=O)N2C[C@@H]3C[C@H]3C[C@H]2CCOc2ccc(F)cn2)n1. The van der Waals surface area contributed by atoms with Crippen LogP contribution in [0.3, 0.4) is 0 Å². The van der Waals surface area contributed by atoms with Crippen LogP contribution in [-0.4, -0.2) is 55.0 Å². The summed E-state index contributed by atoms with van der Waals surface area (Å²) < 4.78 is 18.7. The number of halogens is 1. The van der Waals surface area contributed by atoms with E-state index in [1.165, 1.54) is 16.9 Å². The fraction of sp³-hybridized carbons (Fsp3) is 0.409. The van der Waals surface area contributed by atoms with Crippen molar-refractivity contribution >= 4 is 5.91 Å². The topological polar surface area (TPSA) is 86.0 Å². The molecule has 0 spiro atoms. The quantitative estimate of drug-likeness (QED) is 0.607. The van der Waals surface area contributed by atoms with Gasteiger partial charge in [-0.2, -0.15) is 10.2 Å². The molecule has 3 atom stereocenters. The lowest BCUT2D eigenvalue weighted by atomic mass is 9.98. The molecule has 3 aromatic rings. The molecule has 0 radical (unpaired) electrons. The fourth-order valence-corrected chi connectivity index (χ4v) is 4.31. The lowest BCUT2D eigenvalue weighted by Gasteiger charge is -2.35. The van der Waals surface area contributed by atoms with E-state index in [2.05, 4.69) is 20.2 Å². The van der Waals surface area contributed by atoms with Crippen molar-refractivity contribution in [2.45, 2.75) is 32.2 Å². The zero-order valence-corrected chi connectivity index (χ0v) is 17.2. The van der Waals surface area contributed by atoms with Gasteiger partial charge in [0.1, 0.15) is 11.5 Å². The van der Waals surface area contributed by atoms with Crippen LogP contribution >= 0.6 is 0 Å².